The lowest BCUT2D eigenvalue weighted by Gasteiger charge is -2.08. The minimum atomic E-state index is -0.192. The molecule has 0 fully saturated rings. The summed E-state index contributed by atoms with van der Waals surface area (Å²) in [7, 11) is 3.15. The summed E-state index contributed by atoms with van der Waals surface area (Å²) in [4.78, 5) is 12.5. The zero-order valence-corrected chi connectivity index (χ0v) is 12.1. The van der Waals surface area contributed by atoms with Crippen molar-refractivity contribution < 1.29 is 14.3 Å². The van der Waals surface area contributed by atoms with Crippen molar-refractivity contribution in [2.75, 3.05) is 20.8 Å². The maximum atomic E-state index is 12.5. The molecule has 0 aliphatic carbocycles. The Kier molecular flexibility index (Phi) is 4.76. The second kappa shape index (κ2) is 6.54. The van der Waals surface area contributed by atoms with Crippen LogP contribution in [0, 0.1) is 0 Å². The van der Waals surface area contributed by atoms with Crippen molar-refractivity contribution >= 4 is 17.4 Å². The summed E-state index contributed by atoms with van der Waals surface area (Å²) < 4.78 is 11.7. The molecule has 1 heterocycles. The first kappa shape index (κ1) is 14.6. The number of methoxy groups -OCH3 is 2. The third-order valence-electron chi connectivity index (χ3n) is 2.85. The molecule has 0 N–H and O–H groups in total. The molecule has 0 aliphatic rings. The van der Waals surface area contributed by atoms with Gasteiger partial charge in [-0.15, -0.1) is 0 Å². The summed E-state index contributed by atoms with van der Waals surface area (Å²) >= 11 is 6.07. The highest BCUT2D eigenvalue weighted by Crippen LogP contribution is 2.21. The van der Waals surface area contributed by atoms with Crippen molar-refractivity contribution in [3.63, 3.8) is 0 Å². The molecule has 5 nitrogen and oxygen atoms in total. The van der Waals surface area contributed by atoms with E-state index >= 15 is 0 Å². The van der Waals surface area contributed by atoms with Crippen molar-refractivity contribution in [1.82, 2.24) is 9.78 Å². The van der Waals surface area contributed by atoms with Gasteiger partial charge in [0.15, 0.2) is 0 Å². The van der Waals surface area contributed by atoms with Gasteiger partial charge >= 0.3 is 0 Å². The van der Waals surface area contributed by atoms with Crippen LogP contribution in [0.15, 0.2) is 30.5 Å². The maximum absolute atomic E-state index is 12.5. The Morgan fingerprint density at radius 2 is 2.20 bits per heavy atom. The first-order valence-corrected chi connectivity index (χ1v) is 6.44. The first-order chi connectivity index (χ1) is 9.67. The zero-order valence-electron chi connectivity index (χ0n) is 11.3. The fourth-order valence-electron chi connectivity index (χ4n) is 1.84. The van der Waals surface area contributed by atoms with Crippen LogP contribution in [0.3, 0.4) is 0 Å². The second-order valence-electron chi connectivity index (χ2n) is 4.12. The van der Waals surface area contributed by atoms with Crippen LogP contribution in [0.5, 0.6) is 5.75 Å². The lowest BCUT2D eigenvalue weighted by molar-refractivity contribution is 0.102. The number of ketones is 1. The molecule has 0 saturated carbocycles. The molecule has 20 heavy (non-hydrogen) atoms. The molecule has 0 amide bonds. The fourth-order valence-corrected chi connectivity index (χ4v) is 2.06. The van der Waals surface area contributed by atoms with Gasteiger partial charge < -0.3 is 9.47 Å². The third-order valence-corrected chi connectivity index (χ3v) is 3.13. The van der Waals surface area contributed by atoms with Gasteiger partial charge in [-0.05, 0) is 12.1 Å². The summed E-state index contributed by atoms with van der Waals surface area (Å²) in [5.41, 5.74) is 0.863. The van der Waals surface area contributed by atoms with Crippen molar-refractivity contribution in [3.8, 4) is 5.75 Å². The van der Waals surface area contributed by atoms with Gasteiger partial charge in [-0.2, -0.15) is 5.10 Å². The van der Waals surface area contributed by atoms with Gasteiger partial charge in [-0.25, -0.2) is 0 Å². The van der Waals surface area contributed by atoms with Gasteiger partial charge in [-0.1, -0.05) is 23.7 Å². The van der Waals surface area contributed by atoms with Crippen LogP contribution >= 0.6 is 11.6 Å². The number of rotatable bonds is 6. The summed E-state index contributed by atoms with van der Waals surface area (Å²) in [6.07, 6.45) is 1.46. The molecule has 2 rings (SSSR count). The molecule has 1 aromatic heterocycles. The number of nitrogens with zero attached hydrogens (tertiary/aromatic N) is 2. The predicted octanol–water partition coefficient (Wildman–Crippen LogP) is 2.42. The smallest absolute Gasteiger partial charge is 0.212 e. The van der Waals surface area contributed by atoms with E-state index in [1.54, 1.807) is 43.2 Å². The molecule has 0 spiro atoms. The number of carbonyl (C=O) groups excluding carboxylic acids is 1. The Balaban J connectivity index is 2.34. The van der Waals surface area contributed by atoms with Gasteiger partial charge in [0.2, 0.25) is 5.78 Å². The van der Waals surface area contributed by atoms with Crippen molar-refractivity contribution in [3.05, 3.63) is 46.7 Å². The van der Waals surface area contributed by atoms with Crippen molar-refractivity contribution in [2.24, 2.45) is 0 Å². The predicted molar refractivity (Wildman–Crippen MR) is 75.5 cm³/mol. The Morgan fingerprint density at radius 1 is 1.40 bits per heavy atom. The molecule has 1 aromatic carbocycles. The normalized spacial score (nSPS) is 10.6. The van der Waals surface area contributed by atoms with Crippen molar-refractivity contribution in [1.29, 1.82) is 0 Å². The number of carbonyl (C=O) groups is 1. The lowest BCUT2D eigenvalue weighted by Crippen LogP contribution is -2.14. The molecular formula is C14H15ClN2O3. The molecule has 106 valence electrons. The average molecular weight is 295 g/mol. The summed E-state index contributed by atoms with van der Waals surface area (Å²) in [5.74, 6) is 0.428. The van der Waals surface area contributed by atoms with Crippen LogP contribution in [0.4, 0.5) is 0 Å². The molecule has 0 atom stereocenters. The van der Waals surface area contributed by atoms with E-state index in [2.05, 4.69) is 5.10 Å². The molecule has 0 aliphatic heterocycles. The van der Waals surface area contributed by atoms with E-state index < -0.39 is 0 Å². The van der Waals surface area contributed by atoms with E-state index in [4.69, 9.17) is 21.1 Å². The topological polar surface area (TPSA) is 53.4 Å². The highest BCUT2D eigenvalue weighted by atomic mass is 35.5. The number of aromatic nitrogens is 2. The molecule has 2 aromatic rings. The molecule has 0 radical (unpaired) electrons. The average Bonchev–Trinajstić information content (AvgIpc) is 2.85. The van der Waals surface area contributed by atoms with Gasteiger partial charge in [0.1, 0.15) is 11.4 Å². The van der Waals surface area contributed by atoms with E-state index in [0.29, 0.717) is 35.2 Å². The highest BCUT2D eigenvalue weighted by molar-refractivity contribution is 6.34. The highest BCUT2D eigenvalue weighted by Gasteiger charge is 2.19. The van der Waals surface area contributed by atoms with Crippen LogP contribution in [0.2, 0.25) is 5.02 Å². The van der Waals surface area contributed by atoms with E-state index in [9.17, 15) is 4.79 Å². The van der Waals surface area contributed by atoms with Gasteiger partial charge in [-0.3, -0.25) is 9.48 Å². The van der Waals surface area contributed by atoms with Crippen LogP contribution in [0.25, 0.3) is 0 Å². The van der Waals surface area contributed by atoms with Gasteiger partial charge in [0, 0.05) is 12.7 Å². The lowest BCUT2D eigenvalue weighted by atomic mass is 10.1. The minimum Gasteiger partial charge on any atom is -0.497 e. The van der Waals surface area contributed by atoms with Gasteiger partial charge in [0.25, 0.3) is 0 Å². The quantitative estimate of drug-likeness (QED) is 0.768. The van der Waals surface area contributed by atoms with E-state index in [1.807, 2.05) is 0 Å². The van der Waals surface area contributed by atoms with E-state index in [0.717, 1.165) is 0 Å². The minimum absolute atomic E-state index is 0.192. The Hall–Kier alpha value is -1.85. The largest absolute Gasteiger partial charge is 0.497 e. The molecule has 0 bridgehead atoms. The monoisotopic (exact) mass is 294 g/mol. The second-order valence-corrected chi connectivity index (χ2v) is 4.53. The zero-order chi connectivity index (χ0) is 14.5. The maximum Gasteiger partial charge on any atom is 0.212 e. The Morgan fingerprint density at radius 3 is 2.90 bits per heavy atom. The number of hydrogen-bond acceptors (Lipinski definition) is 4. The molecule has 6 heteroatoms. The molecular weight excluding hydrogens is 280 g/mol. The number of ether oxygens (including phenoxy) is 2. The Bertz CT molecular complexity index is 610. The fraction of sp³-hybridized carbons (Fsp3) is 0.286. The number of benzene rings is 1. The summed E-state index contributed by atoms with van der Waals surface area (Å²) in [6, 6.07) is 6.93. The van der Waals surface area contributed by atoms with E-state index in [1.165, 1.54) is 6.20 Å². The van der Waals surface area contributed by atoms with Crippen molar-refractivity contribution in [2.45, 2.75) is 6.54 Å². The SMILES string of the molecule is COCCn1ncc(Cl)c1C(=O)c1cccc(OC)c1. The van der Waals surface area contributed by atoms with Crippen LogP contribution in [-0.2, 0) is 11.3 Å². The van der Waals surface area contributed by atoms with Crippen LogP contribution in [0.1, 0.15) is 16.1 Å². The summed E-state index contributed by atoms with van der Waals surface area (Å²) in [5, 5.41) is 4.42. The van der Waals surface area contributed by atoms with Gasteiger partial charge in [0.05, 0.1) is 31.5 Å². The number of halogens is 1. The molecule has 0 unspecified atom stereocenters. The summed E-state index contributed by atoms with van der Waals surface area (Å²) in [6.45, 7) is 0.921. The molecule has 0 saturated heterocycles. The van der Waals surface area contributed by atoms with E-state index in [-0.39, 0.29) is 5.78 Å². The third kappa shape index (κ3) is 3.00. The number of hydrogen-bond donors (Lipinski definition) is 0. The first-order valence-electron chi connectivity index (χ1n) is 6.06. The standard InChI is InChI=1S/C14H15ClN2O3/c1-19-7-6-17-13(12(15)9-16-17)14(18)10-4-3-5-11(8-10)20-2/h3-5,8-9H,6-7H2,1-2H3. The van der Waals surface area contributed by atoms with Crippen LogP contribution in [-0.4, -0.2) is 36.4 Å². The van der Waals surface area contributed by atoms with Crippen LogP contribution < -0.4 is 4.74 Å². The Labute approximate surface area is 122 Å².